The first-order chi connectivity index (χ1) is 13.8. The van der Waals surface area contributed by atoms with Crippen LogP contribution in [0.3, 0.4) is 0 Å². The lowest BCUT2D eigenvalue weighted by Gasteiger charge is -2.36. The minimum absolute atomic E-state index is 0.185. The Morgan fingerprint density at radius 1 is 1.10 bits per heavy atom. The second-order valence-electron chi connectivity index (χ2n) is 7.08. The van der Waals surface area contributed by atoms with Gasteiger partial charge < -0.3 is 0 Å². The third-order valence-corrected chi connectivity index (χ3v) is 7.13. The zero-order chi connectivity index (χ0) is 20.6. The van der Waals surface area contributed by atoms with Crippen LogP contribution in [-0.4, -0.2) is 35.9 Å². The SMILES string of the molecule is Cc1csc(N(C(=O)C2Cc3ccccc3CN2S(C)(=O)=O)c2ccccc2)n1. The van der Waals surface area contributed by atoms with Crippen LogP contribution in [-0.2, 0) is 27.8 Å². The fourth-order valence-corrected chi connectivity index (χ4v) is 5.39. The summed E-state index contributed by atoms with van der Waals surface area (Å²) in [7, 11) is -3.59. The quantitative estimate of drug-likeness (QED) is 0.639. The summed E-state index contributed by atoms with van der Waals surface area (Å²) in [6, 6.07) is 16.1. The monoisotopic (exact) mass is 427 g/mol. The van der Waals surface area contributed by atoms with Gasteiger partial charge in [0.25, 0.3) is 5.91 Å². The smallest absolute Gasteiger partial charge is 0.252 e. The predicted octanol–water partition coefficient (Wildman–Crippen LogP) is 3.50. The third-order valence-electron chi connectivity index (χ3n) is 4.95. The van der Waals surface area contributed by atoms with E-state index in [2.05, 4.69) is 4.98 Å². The number of thiazole rings is 1. The zero-order valence-electron chi connectivity index (χ0n) is 16.1. The van der Waals surface area contributed by atoms with E-state index < -0.39 is 16.1 Å². The van der Waals surface area contributed by atoms with E-state index in [9.17, 15) is 13.2 Å². The standard InChI is InChI=1S/C21H21N3O3S2/c1-15-14-28-21(22-15)24(18-10-4-3-5-11-18)20(25)19-12-16-8-6-7-9-17(16)13-23(19)29(2,26)27/h3-11,14,19H,12-13H2,1-2H3. The lowest BCUT2D eigenvalue weighted by Crippen LogP contribution is -2.52. The molecule has 29 heavy (non-hydrogen) atoms. The lowest BCUT2D eigenvalue weighted by molar-refractivity contribution is -0.121. The Labute approximate surface area is 174 Å². The van der Waals surface area contributed by atoms with Crippen LogP contribution in [0, 0.1) is 6.92 Å². The molecule has 0 saturated heterocycles. The molecule has 0 saturated carbocycles. The first-order valence-electron chi connectivity index (χ1n) is 9.19. The Morgan fingerprint density at radius 3 is 2.38 bits per heavy atom. The van der Waals surface area contributed by atoms with Gasteiger partial charge in [-0.05, 0) is 36.6 Å². The van der Waals surface area contributed by atoms with Crippen LogP contribution in [0.2, 0.25) is 0 Å². The highest BCUT2D eigenvalue weighted by molar-refractivity contribution is 7.88. The van der Waals surface area contributed by atoms with Gasteiger partial charge in [-0.2, -0.15) is 4.31 Å². The van der Waals surface area contributed by atoms with Gasteiger partial charge in [0.1, 0.15) is 6.04 Å². The van der Waals surface area contributed by atoms with Crippen molar-refractivity contribution in [2.45, 2.75) is 25.9 Å². The molecule has 2 aromatic carbocycles. The molecule has 0 aliphatic carbocycles. The summed E-state index contributed by atoms with van der Waals surface area (Å²) in [5.41, 5.74) is 3.40. The molecule has 0 radical (unpaired) electrons. The molecule has 0 bridgehead atoms. The number of sulfonamides is 1. The van der Waals surface area contributed by atoms with Crippen LogP contribution < -0.4 is 4.90 Å². The molecule has 8 heteroatoms. The molecular weight excluding hydrogens is 406 g/mol. The fourth-order valence-electron chi connectivity index (χ4n) is 3.56. The maximum absolute atomic E-state index is 13.8. The Balaban J connectivity index is 1.80. The molecule has 1 amide bonds. The van der Waals surface area contributed by atoms with Crippen molar-refractivity contribution in [1.29, 1.82) is 0 Å². The van der Waals surface area contributed by atoms with E-state index in [1.54, 1.807) is 0 Å². The van der Waals surface area contributed by atoms with Gasteiger partial charge >= 0.3 is 0 Å². The summed E-state index contributed by atoms with van der Waals surface area (Å²) >= 11 is 1.37. The van der Waals surface area contributed by atoms with E-state index in [0.29, 0.717) is 17.2 Å². The van der Waals surface area contributed by atoms with Crippen LogP contribution >= 0.6 is 11.3 Å². The molecule has 3 aromatic rings. The number of carbonyl (C=O) groups excluding carboxylic acids is 1. The number of aromatic nitrogens is 1. The van der Waals surface area contributed by atoms with Crippen molar-refractivity contribution in [1.82, 2.24) is 9.29 Å². The molecule has 6 nitrogen and oxygen atoms in total. The molecule has 2 heterocycles. The first-order valence-corrected chi connectivity index (χ1v) is 11.9. The summed E-state index contributed by atoms with van der Waals surface area (Å²) < 4.78 is 26.4. The van der Waals surface area contributed by atoms with E-state index in [0.717, 1.165) is 23.1 Å². The van der Waals surface area contributed by atoms with E-state index >= 15 is 0 Å². The summed E-state index contributed by atoms with van der Waals surface area (Å²) in [4.78, 5) is 19.8. The number of anilines is 2. The van der Waals surface area contributed by atoms with Gasteiger partial charge in [0.15, 0.2) is 5.13 Å². The predicted molar refractivity (Wildman–Crippen MR) is 115 cm³/mol. The van der Waals surface area contributed by atoms with Crippen molar-refractivity contribution in [3.63, 3.8) is 0 Å². The highest BCUT2D eigenvalue weighted by Gasteiger charge is 2.40. The molecule has 0 fully saturated rings. The molecule has 1 unspecified atom stereocenters. The second kappa shape index (κ2) is 7.70. The number of carbonyl (C=O) groups is 1. The van der Waals surface area contributed by atoms with E-state index in [1.165, 1.54) is 20.5 Å². The number of para-hydroxylation sites is 1. The average Bonchev–Trinajstić information content (AvgIpc) is 3.13. The molecule has 0 N–H and O–H groups in total. The van der Waals surface area contributed by atoms with Gasteiger partial charge in [-0.1, -0.05) is 42.5 Å². The van der Waals surface area contributed by atoms with Gasteiger partial charge in [-0.3, -0.25) is 9.69 Å². The number of rotatable bonds is 4. The van der Waals surface area contributed by atoms with Gasteiger partial charge in [0.2, 0.25) is 10.0 Å². The second-order valence-corrected chi connectivity index (χ2v) is 9.85. The van der Waals surface area contributed by atoms with E-state index in [4.69, 9.17) is 0 Å². The van der Waals surface area contributed by atoms with Crippen molar-refractivity contribution in [2.24, 2.45) is 0 Å². The van der Waals surface area contributed by atoms with Crippen LogP contribution in [0.4, 0.5) is 10.8 Å². The minimum Gasteiger partial charge on any atom is -0.272 e. The highest BCUT2D eigenvalue weighted by Crippen LogP contribution is 2.33. The lowest BCUT2D eigenvalue weighted by atomic mass is 9.95. The van der Waals surface area contributed by atoms with Crippen LogP contribution in [0.1, 0.15) is 16.8 Å². The van der Waals surface area contributed by atoms with E-state index in [1.807, 2.05) is 66.9 Å². The van der Waals surface area contributed by atoms with E-state index in [-0.39, 0.29) is 12.5 Å². The van der Waals surface area contributed by atoms with Crippen molar-refractivity contribution in [2.75, 3.05) is 11.2 Å². The summed E-state index contributed by atoms with van der Waals surface area (Å²) in [5.74, 6) is -0.300. The molecule has 1 aliphatic heterocycles. The maximum Gasteiger partial charge on any atom is 0.252 e. The molecule has 4 rings (SSSR count). The molecular formula is C21H21N3O3S2. The van der Waals surface area contributed by atoms with Gasteiger partial charge in [-0.25, -0.2) is 13.4 Å². The number of amides is 1. The topological polar surface area (TPSA) is 70.6 Å². The third kappa shape index (κ3) is 3.96. The van der Waals surface area contributed by atoms with Crippen LogP contribution in [0.25, 0.3) is 0 Å². The summed E-state index contributed by atoms with van der Waals surface area (Å²) in [5, 5.41) is 2.41. The van der Waals surface area contributed by atoms with Crippen molar-refractivity contribution in [3.05, 3.63) is 76.8 Å². The zero-order valence-corrected chi connectivity index (χ0v) is 17.8. The molecule has 1 aromatic heterocycles. The maximum atomic E-state index is 13.8. The highest BCUT2D eigenvalue weighted by atomic mass is 32.2. The number of nitrogens with zero attached hydrogens (tertiary/aromatic N) is 3. The average molecular weight is 428 g/mol. The van der Waals surface area contributed by atoms with Crippen LogP contribution in [0.15, 0.2) is 60.0 Å². The normalized spacial score (nSPS) is 17.0. The Bertz CT molecular complexity index is 1140. The van der Waals surface area contributed by atoms with Crippen molar-refractivity contribution < 1.29 is 13.2 Å². The summed E-state index contributed by atoms with van der Waals surface area (Å²) in [6.45, 7) is 2.05. The number of fused-ring (bicyclic) bond motifs is 1. The van der Waals surface area contributed by atoms with Gasteiger partial charge in [0.05, 0.1) is 17.6 Å². The molecule has 1 atom stereocenters. The Morgan fingerprint density at radius 2 is 1.76 bits per heavy atom. The number of aryl methyl sites for hydroxylation is 1. The number of hydrogen-bond donors (Lipinski definition) is 0. The van der Waals surface area contributed by atoms with Crippen molar-refractivity contribution >= 4 is 38.1 Å². The van der Waals surface area contributed by atoms with Crippen molar-refractivity contribution in [3.8, 4) is 0 Å². The summed E-state index contributed by atoms with van der Waals surface area (Å²) in [6.07, 6.45) is 1.48. The number of hydrogen-bond acceptors (Lipinski definition) is 5. The minimum atomic E-state index is -3.59. The number of benzene rings is 2. The first kappa shape index (κ1) is 19.8. The fraction of sp³-hybridized carbons (Fsp3) is 0.238. The largest absolute Gasteiger partial charge is 0.272 e. The molecule has 1 aliphatic rings. The Hall–Kier alpha value is -2.55. The van der Waals surface area contributed by atoms with Crippen LogP contribution in [0.5, 0.6) is 0 Å². The van der Waals surface area contributed by atoms with Gasteiger partial charge in [0, 0.05) is 11.9 Å². The van der Waals surface area contributed by atoms with Gasteiger partial charge in [-0.15, -0.1) is 11.3 Å². The Kier molecular flexibility index (Phi) is 5.24. The molecule has 150 valence electrons. The molecule has 0 spiro atoms.